The van der Waals surface area contributed by atoms with Crippen molar-refractivity contribution in [3.8, 4) is 0 Å². The molecule has 19 heavy (non-hydrogen) atoms. The zero-order valence-corrected chi connectivity index (χ0v) is 11.0. The van der Waals surface area contributed by atoms with Crippen LogP contribution in [0.25, 0.3) is 11.1 Å². The fourth-order valence-electron chi connectivity index (χ4n) is 2.42. The molecule has 0 bridgehead atoms. The Balaban J connectivity index is 1.74. The molecule has 0 aliphatic carbocycles. The highest BCUT2D eigenvalue weighted by molar-refractivity contribution is 5.91. The fraction of sp³-hybridized carbons (Fsp3) is 0.429. The first-order chi connectivity index (χ1) is 9.22. The monoisotopic (exact) mass is 259 g/mol. The second-order valence-corrected chi connectivity index (χ2v) is 4.89. The minimum atomic E-state index is -0.0285. The van der Waals surface area contributed by atoms with Crippen molar-refractivity contribution in [1.82, 2.24) is 9.88 Å². The molecule has 2 heterocycles. The number of nitrogens with one attached hydrogen (secondary N) is 1. The van der Waals surface area contributed by atoms with Crippen molar-refractivity contribution in [3.63, 3.8) is 0 Å². The molecule has 0 saturated carbocycles. The van der Waals surface area contributed by atoms with Crippen LogP contribution < -0.4 is 5.32 Å². The number of fused-ring (bicyclic) bond motifs is 1. The summed E-state index contributed by atoms with van der Waals surface area (Å²) >= 11 is 0. The summed E-state index contributed by atoms with van der Waals surface area (Å²) in [4.78, 5) is 18.2. The average molecular weight is 259 g/mol. The zero-order chi connectivity index (χ0) is 13.2. The quantitative estimate of drug-likeness (QED) is 0.855. The molecule has 2 amide bonds. The van der Waals surface area contributed by atoms with Crippen LogP contribution in [0.3, 0.4) is 0 Å². The van der Waals surface area contributed by atoms with E-state index in [9.17, 15) is 4.79 Å². The van der Waals surface area contributed by atoms with Gasteiger partial charge in [0.1, 0.15) is 5.52 Å². The first-order valence-corrected chi connectivity index (χ1v) is 6.65. The number of carbonyl (C=O) groups excluding carboxylic acids is 1. The molecule has 0 spiro atoms. The van der Waals surface area contributed by atoms with E-state index in [0.717, 1.165) is 42.7 Å². The van der Waals surface area contributed by atoms with E-state index in [4.69, 9.17) is 4.42 Å². The zero-order valence-electron chi connectivity index (χ0n) is 11.0. The van der Waals surface area contributed by atoms with E-state index >= 15 is 0 Å². The maximum absolute atomic E-state index is 12.1. The standard InChI is InChI=1S/C14H17N3O2/c1-10-15-12-9-11(5-6-13(12)19-10)16-14(18)17-7-3-2-4-8-17/h5-6,9H,2-4,7-8H2,1H3,(H,16,18). The lowest BCUT2D eigenvalue weighted by molar-refractivity contribution is 0.200. The van der Waals surface area contributed by atoms with Crippen LogP contribution in [-0.2, 0) is 0 Å². The molecule has 1 N–H and O–H groups in total. The van der Waals surface area contributed by atoms with Gasteiger partial charge in [-0.25, -0.2) is 9.78 Å². The number of oxazole rings is 1. The van der Waals surface area contributed by atoms with E-state index in [2.05, 4.69) is 10.3 Å². The third kappa shape index (κ3) is 2.54. The van der Waals surface area contributed by atoms with Gasteiger partial charge in [-0.1, -0.05) is 0 Å². The van der Waals surface area contributed by atoms with Crippen LogP contribution in [0.5, 0.6) is 0 Å². The Morgan fingerprint density at radius 2 is 2.11 bits per heavy atom. The van der Waals surface area contributed by atoms with Gasteiger partial charge in [-0.2, -0.15) is 0 Å². The van der Waals surface area contributed by atoms with Gasteiger partial charge in [0, 0.05) is 25.7 Å². The van der Waals surface area contributed by atoms with Crippen molar-refractivity contribution < 1.29 is 9.21 Å². The largest absolute Gasteiger partial charge is 0.441 e. The Labute approximate surface area is 111 Å². The molecule has 1 aliphatic rings. The van der Waals surface area contributed by atoms with Gasteiger partial charge in [-0.15, -0.1) is 0 Å². The Hall–Kier alpha value is -2.04. The van der Waals surface area contributed by atoms with Gasteiger partial charge >= 0.3 is 6.03 Å². The summed E-state index contributed by atoms with van der Waals surface area (Å²) in [7, 11) is 0. The third-order valence-electron chi connectivity index (χ3n) is 3.39. The smallest absolute Gasteiger partial charge is 0.321 e. The van der Waals surface area contributed by atoms with Crippen molar-refractivity contribution in [3.05, 3.63) is 24.1 Å². The van der Waals surface area contributed by atoms with Gasteiger partial charge < -0.3 is 14.6 Å². The van der Waals surface area contributed by atoms with Crippen LogP contribution >= 0.6 is 0 Å². The van der Waals surface area contributed by atoms with Crippen molar-refractivity contribution in [2.45, 2.75) is 26.2 Å². The molecule has 2 aromatic rings. The number of carbonyl (C=O) groups is 1. The van der Waals surface area contributed by atoms with Crippen molar-refractivity contribution >= 4 is 22.8 Å². The molecule has 0 radical (unpaired) electrons. The number of anilines is 1. The lowest BCUT2D eigenvalue weighted by Gasteiger charge is -2.26. The minimum absolute atomic E-state index is 0.0285. The second kappa shape index (κ2) is 4.91. The SMILES string of the molecule is Cc1nc2cc(NC(=O)N3CCCCC3)ccc2o1. The molecule has 0 unspecified atom stereocenters. The molecule has 5 heteroatoms. The van der Waals surface area contributed by atoms with E-state index in [-0.39, 0.29) is 6.03 Å². The summed E-state index contributed by atoms with van der Waals surface area (Å²) in [6.07, 6.45) is 3.40. The molecular weight excluding hydrogens is 242 g/mol. The maximum atomic E-state index is 12.1. The number of nitrogens with zero attached hydrogens (tertiary/aromatic N) is 2. The van der Waals surface area contributed by atoms with Crippen LogP contribution in [0.1, 0.15) is 25.2 Å². The lowest BCUT2D eigenvalue weighted by Crippen LogP contribution is -2.38. The minimum Gasteiger partial charge on any atom is -0.441 e. The molecule has 1 fully saturated rings. The Morgan fingerprint density at radius 3 is 2.89 bits per heavy atom. The summed E-state index contributed by atoms with van der Waals surface area (Å²) in [5, 5.41) is 2.92. The molecule has 1 aliphatic heterocycles. The van der Waals surface area contributed by atoms with E-state index in [1.54, 1.807) is 0 Å². The number of aromatic nitrogens is 1. The normalized spacial score (nSPS) is 15.7. The molecule has 3 rings (SSSR count). The molecule has 100 valence electrons. The van der Waals surface area contributed by atoms with Crippen LogP contribution in [0.2, 0.25) is 0 Å². The van der Waals surface area contributed by atoms with Gasteiger partial charge in [-0.05, 0) is 37.5 Å². The average Bonchev–Trinajstić information content (AvgIpc) is 2.79. The maximum Gasteiger partial charge on any atom is 0.321 e. The number of likely N-dealkylation sites (tertiary alicyclic amines) is 1. The van der Waals surface area contributed by atoms with Gasteiger partial charge in [0.2, 0.25) is 0 Å². The number of urea groups is 1. The van der Waals surface area contributed by atoms with E-state index in [1.807, 2.05) is 30.0 Å². The summed E-state index contributed by atoms with van der Waals surface area (Å²) in [5.41, 5.74) is 2.28. The Morgan fingerprint density at radius 1 is 1.32 bits per heavy atom. The summed E-state index contributed by atoms with van der Waals surface area (Å²) in [6, 6.07) is 5.49. The number of hydrogen-bond donors (Lipinski definition) is 1. The Bertz CT molecular complexity index is 600. The summed E-state index contributed by atoms with van der Waals surface area (Å²) in [6.45, 7) is 3.50. The van der Waals surface area contributed by atoms with E-state index in [1.165, 1.54) is 6.42 Å². The lowest BCUT2D eigenvalue weighted by atomic mass is 10.1. The van der Waals surface area contributed by atoms with Gasteiger partial charge in [0.25, 0.3) is 0 Å². The van der Waals surface area contributed by atoms with Crippen LogP contribution in [-0.4, -0.2) is 29.0 Å². The van der Waals surface area contributed by atoms with Crippen molar-refractivity contribution in [2.24, 2.45) is 0 Å². The van der Waals surface area contributed by atoms with Crippen LogP contribution in [0.4, 0.5) is 10.5 Å². The first kappa shape index (κ1) is 12.0. The number of hydrogen-bond acceptors (Lipinski definition) is 3. The van der Waals surface area contributed by atoms with Crippen LogP contribution in [0, 0.1) is 6.92 Å². The molecule has 0 atom stereocenters. The number of rotatable bonds is 1. The second-order valence-electron chi connectivity index (χ2n) is 4.89. The highest BCUT2D eigenvalue weighted by Gasteiger charge is 2.16. The number of aryl methyl sites for hydroxylation is 1. The summed E-state index contributed by atoms with van der Waals surface area (Å²) in [5.74, 6) is 0.634. The Kier molecular flexibility index (Phi) is 3.11. The van der Waals surface area contributed by atoms with E-state index in [0.29, 0.717) is 5.89 Å². The van der Waals surface area contributed by atoms with Crippen molar-refractivity contribution in [1.29, 1.82) is 0 Å². The number of piperidine rings is 1. The highest BCUT2D eigenvalue weighted by Crippen LogP contribution is 2.20. The number of amides is 2. The van der Waals surface area contributed by atoms with Crippen molar-refractivity contribution in [2.75, 3.05) is 18.4 Å². The molecule has 1 saturated heterocycles. The van der Waals surface area contributed by atoms with Gasteiger partial charge in [-0.3, -0.25) is 0 Å². The predicted octanol–water partition coefficient (Wildman–Crippen LogP) is 3.15. The molecule has 1 aromatic heterocycles. The van der Waals surface area contributed by atoms with E-state index < -0.39 is 0 Å². The fourth-order valence-corrected chi connectivity index (χ4v) is 2.42. The van der Waals surface area contributed by atoms with Crippen LogP contribution in [0.15, 0.2) is 22.6 Å². The summed E-state index contributed by atoms with van der Waals surface area (Å²) < 4.78 is 5.41. The topological polar surface area (TPSA) is 58.4 Å². The third-order valence-corrected chi connectivity index (χ3v) is 3.39. The number of benzene rings is 1. The van der Waals surface area contributed by atoms with Gasteiger partial charge in [0.05, 0.1) is 0 Å². The molecule has 1 aromatic carbocycles. The predicted molar refractivity (Wildman–Crippen MR) is 73.2 cm³/mol. The first-order valence-electron chi connectivity index (χ1n) is 6.65. The highest BCUT2D eigenvalue weighted by atomic mass is 16.3. The molecular formula is C14H17N3O2. The molecule has 5 nitrogen and oxygen atoms in total. The van der Waals surface area contributed by atoms with Gasteiger partial charge in [0.15, 0.2) is 11.5 Å².